The maximum Gasteiger partial charge on any atom is 0.234 e. The van der Waals surface area contributed by atoms with Crippen molar-refractivity contribution < 1.29 is 9.53 Å². The average molecular weight is 547 g/mol. The van der Waals surface area contributed by atoms with Gasteiger partial charge in [0.05, 0.1) is 5.75 Å². The maximum atomic E-state index is 12.7. The first kappa shape index (κ1) is 25.1. The van der Waals surface area contributed by atoms with Gasteiger partial charge in [0.1, 0.15) is 18.2 Å². The van der Waals surface area contributed by atoms with Gasteiger partial charge in [-0.05, 0) is 65.5 Å². The van der Waals surface area contributed by atoms with E-state index in [1.54, 1.807) is 11.3 Å². The van der Waals surface area contributed by atoms with Crippen LogP contribution in [0.1, 0.15) is 16.3 Å². The van der Waals surface area contributed by atoms with Crippen molar-refractivity contribution >= 4 is 46.3 Å². The van der Waals surface area contributed by atoms with Crippen LogP contribution in [0.5, 0.6) is 5.75 Å². The molecule has 0 saturated carbocycles. The predicted molar refractivity (Wildman–Crippen MR) is 150 cm³/mol. The van der Waals surface area contributed by atoms with E-state index in [0.29, 0.717) is 28.9 Å². The van der Waals surface area contributed by atoms with Gasteiger partial charge in [0.2, 0.25) is 5.91 Å². The second-order valence-electron chi connectivity index (χ2n) is 8.10. The number of hydrogen-bond donors (Lipinski definition) is 1. The van der Waals surface area contributed by atoms with E-state index in [0.717, 1.165) is 22.8 Å². The molecule has 2 heterocycles. The summed E-state index contributed by atoms with van der Waals surface area (Å²) in [5, 5.41) is 15.1. The van der Waals surface area contributed by atoms with Gasteiger partial charge in [0.15, 0.2) is 5.16 Å². The number of thiophene rings is 1. The fraction of sp³-hybridized carbons (Fsp3) is 0.107. The zero-order valence-electron chi connectivity index (χ0n) is 19.7. The highest BCUT2D eigenvalue weighted by atomic mass is 35.5. The van der Waals surface area contributed by atoms with Crippen LogP contribution in [0.25, 0.3) is 5.69 Å². The number of benzene rings is 3. The summed E-state index contributed by atoms with van der Waals surface area (Å²) < 4.78 is 7.80. The number of anilines is 1. The summed E-state index contributed by atoms with van der Waals surface area (Å²) in [5.41, 5.74) is 2.70. The zero-order chi connectivity index (χ0) is 25.5. The molecule has 0 spiro atoms. The first-order valence-electron chi connectivity index (χ1n) is 11.6. The molecule has 0 aliphatic carbocycles. The third kappa shape index (κ3) is 6.80. The summed E-state index contributed by atoms with van der Waals surface area (Å²) in [7, 11) is 0. The Morgan fingerprint density at radius 1 is 0.946 bits per heavy atom. The van der Waals surface area contributed by atoms with E-state index >= 15 is 0 Å². The zero-order valence-corrected chi connectivity index (χ0v) is 22.1. The van der Waals surface area contributed by atoms with Gasteiger partial charge in [-0.25, -0.2) is 0 Å². The van der Waals surface area contributed by atoms with Crippen LogP contribution in [0.3, 0.4) is 0 Å². The second kappa shape index (κ2) is 12.1. The topological polar surface area (TPSA) is 69.0 Å². The van der Waals surface area contributed by atoms with Crippen molar-refractivity contribution in [1.82, 2.24) is 14.8 Å². The number of hydrogen-bond acceptors (Lipinski definition) is 6. The molecular formula is C28H23ClN4O2S2. The number of nitrogens with zero attached hydrogens (tertiary/aromatic N) is 3. The molecule has 9 heteroatoms. The van der Waals surface area contributed by atoms with E-state index in [9.17, 15) is 4.79 Å². The maximum absolute atomic E-state index is 12.7. The fourth-order valence-corrected chi connectivity index (χ4v) is 5.23. The summed E-state index contributed by atoms with van der Waals surface area (Å²) in [6.07, 6.45) is 0.652. The molecule has 3 aromatic carbocycles. The number of nitrogens with one attached hydrogen (secondary N) is 1. The molecule has 0 aliphatic heterocycles. The number of ether oxygens (including phenoxy) is 1. The van der Waals surface area contributed by atoms with Crippen LogP contribution in [-0.2, 0) is 17.8 Å². The minimum Gasteiger partial charge on any atom is -0.489 e. The molecule has 37 heavy (non-hydrogen) atoms. The third-order valence-corrected chi connectivity index (χ3v) is 7.47. The number of carbonyl (C=O) groups is 1. The van der Waals surface area contributed by atoms with Crippen molar-refractivity contribution in [2.45, 2.75) is 18.2 Å². The Morgan fingerprint density at radius 3 is 2.46 bits per heavy atom. The van der Waals surface area contributed by atoms with Crippen LogP contribution >= 0.6 is 34.7 Å². The second-order valence-corrected chi connectivity index (χ2v) is 10.5. The van der Waals surface area contributed by atoms with Gasteiger partial charge in [0.25, 0.3) is 0 Å². The normalized spacial score (nSPS) is 10.8. The molecule has 0 atom stereocenters. The van der Waals surface area contributed by atoms with Crippen molar-refractivity contribution in [3.05, 3.63) is 118 Å². The van der Waals surface area contributed by atoms with Crippen LogP contribution < -0.4 is 10.1 Å². The number of rotatable bonds is 10. The predicted octanol–water partition coefficient (Wildman–Crippen LogP) is 6.88. The number of carbonyl (C=O) groups excluding carboxylic acids is 1. The highest BCUT2D eigenvalue weighted by Gasteiger charge is 2.17. The standard InChI is InChI=1S/C28H23ClN4O2S2/c29-21-8-12-23(13-9-21)33-26(17-25-7-4-16-36-25)31-32-28(33)37-19-27(34)30-22-10-14-24(15-11-22)35-18-20-5-2-1-3-6-20/h1-16H,17-19H2,(H,30,34). The van der Waals surface area contributed by atoms with E-state index < -0.39 is 0 Å². The van der Waals surface area contributed by atoms with Gasteiger partial charge in [0, 0.05) is 27.7 Å². The number of halogens is 1. The molecule has 6 nitrogen and oxygen atoms in total. The summed E-state index contributed by atoms with van der Waals surface area (Å²) in [5.74, 6) is 1.61. The number of aromatic nitrogens is 3. The SMILES string of the molecule is O=C(CSc1nnc(Cc2cccs2)n1-c1ccc(Cl)cc1)Nc1ccc(OCc2ccccc2)cc1. The lowest BCUT2D eigenvalue weighted by Crippen LogP contribution is -2.14. The Kier molecular flexibility index (Phi) is 8.20. The summed E-state index contributed by atoms with van der Waals surface area (Å²) in [4.78, 5) is 13.9. The Hall–Kier alpha value is -3.59. The van der Waals surface area contributed by atoms with Gasteiger partial charge in [-0.15, -0.1) is 21.5 Å². The average Bonchev–Trinajstić information content (AvgIpc) is 3.58. The van der Waals surface area contributed by atoms with Crippen molar-refractivity contribution in [2.24, 2.45) is 0 Å². The fourth-order valence-electron chi connectivity index (χ4n) is 3.63. The molecule has 0 aliphatic rings. The van der Waals surface area contributed by atoms with Crippen LogP contribution in [0, 0.1) is 0 Å². The van der Waals surface area contributed by atoms with Crippen LogP contribution in [0.2, 0.25) is 5.02 Å². The van der Waals surface area contributed by atoms with Crippen molar-refractivity contribution in [3.8, 4) is 11.4 Å². The molecule has 5 rings (SSSR count). The van der Waals surface area contributed by atoms with E-state index in [1.165, 1.54) is 16.6 Å². The summed E-state index contributed by atoms with van der Waals surface area (Å²) in [6.45, 7) is 0.492. The summed E-state index contributed by atoms with van der Waals surface area (Å²) in [6, 6.07) is 29.0. The molecule has 2 aromatic heterocycles. The minimum absolute atomic E-state index is 0.131. The highest BCUT2D eigenvalue weighted by molar-refractivity contribution is 7.99. The molecule has 1 amide bonds. The van der Waals surface area contributed by atoms with Gasteiger partial charge >= 0.3 is 0 Å². The van der Waals surface area contributed by atoms with E-state index in [-0.39, 0.29) is 11.7 Å². The molecule has 1 N–H and O–H groups in total. The highest BCUT2D eigenvalue weighted by Crippen LogP contribution is 2.26. The van der Waals surface area contributed by atoms with E-state index in [1.807, 2.05) is 94.9 Å². The Morgan fingerprint density at radius 2 is 1.73 bits per heavy atom. The van der Waals surface area contributed by atoms with Crippen molar-refractivity contribution in [3.63, 3.8) is 0 Å². The lowest BCUT2D eigenvalue weighted by Gasteiger charge is -2.11. The van der Waals surface area contributed by atoms with Gasteiger partial charge in [-0.1, -0.05) is 59.8 Å². The molecular weight excluding hydrogens is 524 g/mol. The monoisotopic (exact) mass is 546 g/mol. The summed E-state index contributed by atoms with van der Waals surface area (Å²) >= 11 is 9.11. The van der Waals surface area contributed by atoms with Gasteiger partial charge in [-0.2, -0.15) is 0 Å². The molecule has 0 unspecified atom stereocenters. The van der Waals surface area contributed by atoms with Crippen LogP contribution in [-0.4, -0.2) is 26.4 Å². The minimum atomic E-state index is -0.131. The first-order valence-corrected chi connectivity index (χ1v) is 13.8. The Labute approximate surface area is 228 Å². The van der Waals surface area contributed by atoms with Crippen LogP contribution in [0.15, 0.2) is 102 Å². The quantitative estimate of drug-likeness (QED) is 0.193. The van der Waals surface area contributed by atoms with Crippen molar-refractivity contribution in [2.75, 3.05) is 11.1 Å². The molecule has 186 valence electrons. The molecule has 5 aromatic rings. The third-order valence-electron chi connectivity index (χ3n) is 5.42. The first-order chi connectivity index (χ1) is 18.1. The Balaban J connectivity index is 1.21. The van der Waals surface area contributed by atoms with Gasteiger partial charge in [-0.3, -0.25) is 9.36 Å². The lowest BCUT2D eigenvalue weighted by molar-refractivity contribution is -0.113. The molecule has 0 saturated heterocycles. The van der Waals surface area contributed by atoms with Gasteiger partial charge < -0.3 is 10.1 Å². The smallest absolute Gasteiger partial charge is 0.234 e. The van der Waals surface area contributed by atoms with Crippen LogP contribution in [0.4, 0.5) is 5.69 Å². The molecule has 0 radical (unpaired) electrons. The number of amides is 1. The molecule has 0 bridgehead atoms. The lowest BCUT2D eigenvalue weighted by atomic mass is 10.2. The van der Waals surface area contributed by atoms with Crippen molar-refractivity contribution in [1.29, 1.82) is 0 Å². The Bertz CT molecular complexity index is 1440. The van der Waals surface area contributed by atoms with E-state index in [2.05, 4.69) is 21.6 Å². The molecule has 0 fully saturated rings. The largest absolute Gasteiger partial charge is 0.489 e. The number of thioether (sulfide) groups is 1. The van der Waals surface area contributed by atoms with E-state index in [4.69, 9.17) is 16.3 Å².